The van der Waals surface area contributed by atoms with Gasteiger partial charge in [-0.2, -0.15) is 0 Å². The minimum atomic E-state index is -1.50. The highest BCUT2D eigenvalue weighted by atomic mass is 35.5. The summed E-state index contributed by atoms with van der Waals surface area (Å²) in [5.74, 6) is 0.480. The fraction of sp³-hybridized carbons (Fsp3) is 0.212. The van der Waals surface area contributed by atoms with Crippen LogP contribution in [0.1, 0.15) is 34.8 Å². The first-order valence-electron chi connectivity index (χ1n) is 14.1. The first-order chi connectivity index (χ1) is 21.5. The third-order valence-corrected chi connectivity index (χ3v) is 7.54. The van der Waals surface area contributed by atoms with E-state index >= 15 is 0 Å². The number of nitrogens with one attached hydrogen (secondary N) is 2. The van der Waals surface area contributed by atoms with Crippen molar-refractivity contribution >= 4 is 29.1 Å². The number of aliphatic imine (C=N–C) groups is 1. The molecule has 224 valence electrons. The summed E-state index contributed by atoms with van der Waals surface area (Å²) in [6.45, 7) is 0.713. The van der Waals surface area contributed by atoms with Crippen LogP contribution in [0.2, 0.25) is 5.02 Å². The van der Waals surface area contributed by atoms with Crippen molar-refractivity contribution in [2.45, 2.75) is 31.0 Å². The molecule has 3 N–H and O–H groups in total. The number of carbonyl (C=O) groups is 1. The van der Waals surface area contributed by atoms with E-state index in [2.05, 4.69) is 20.9 Å². The zero-order valence-corrected chi connectivity index (χ0v) is 24.5. The quantitative estimate of drug-likeness (QED) is 0.0531. The van der Waals surface area contributed by atoms with Gasteiger partial charge in [-0.3, -0.25) is 10.2 Å². The minimum Gasteiger partial charge on any atom is -0.494 e. The summed E-state index contributed by atoms with van der Waals surface area (Å²) in [5, 5.41) is 13.5. The number of hydrogen-bond acceptors (Lipinski definition) is 7. The Balaban J connectivity index is 1.54. The second kappa shape index (κ2) is 14.5. The van der Waals surface area contributed by atoms with Crippen LogP contribution in [0.25, 0.3) is 10.4 Å². The number of rotatable bonds is 13. The van der Waals surface area contributed by atoms with E-state index in [1.807, 2.05) is 72.8 Å². The lowest BCUT2D eigenvalue weighted by Crippen LogP contribution is -2.53. The number of azide groups is 1. The number of hydrogen-bond donors (Lipinski definition) is 3. The van der Waals surface area contributed by atoms with E-state index < -0.39 is 17.6 Å². The van der Waals surface area contributed by atoms with Crippen LogP contribution >= 0.6 is 11.6 Å². The number of hydrazine groups is 1. The van der Waals surface area contributed by atoms with Gasteiger partial charge in [0.25, 0.3) is 5.91 Å². The monoisotopic (exact) mass is 610 g/mol. The summed E-state index contributed by atoms with van der Waals surface area (Å²) >= 11 is 6.33. The van der Waals surface area contributed by atoms with Crippen LogP contribution < -0.4 is 15.6 Å². The topological polar surface area (TPSA) is 141 Å². The molecular formula is C33H31ClN6O4. The van der Waals surface area contributed by atoms with Gasteiger partial charge < -0.3 is 14.6 Å². The molecule has 5 rings (SSSR count). The van der Waals surface area contributed by atoms with Gasteiger partial charge in [0.05, 0.1) is 6.61 Å². The molecule has 1 amide bonds. The number of aliphatic hydroxyl groups is 1. The molecule has 1 heterocycles. The zero-order chi connectivity index (χ0) is 30.8. The Bertz CT molecular complexity index is 1660. The maximum Gasteiger partial charge on any atom is 0.266 e. The second-order valence-corrected chi connectivity index (χ2v) is 10.5. The molecule has 1 aliphatic rings. The minimum absolute atomic E-state index is 0.0454. The van der Waals surface area contributed by atoms with Crippen molar-refractivity contribution in [3.63, 3.8) is 0 Å². The van der Waals surface area contributed by atoms with Gasteiger partial charge in [0, 0.05) is 47.2 Å². The Morgan fingerprint density at radius 1 is 1.00 bits per heavy atom. The first-order valence-corrected chi connectivity index (χ1v) is 14.5. The van der Waals surface area contributed by atoms with Gasteiger partial charge in [0.15, 0.2) is 11.6 Å². The molecule has 4 aromatic rings. The maximum atomic E-state index is 14.3. The number of aliphatic hydroxyl groups excluding tert-OH is 1. The van der Waals surface area contributed by atoms with Crippen LogP contribution in [0, 0.1) is 0 Å². The SMILES string of the molecule is [N-]=[N+]=Nc1ccccc1C[C@]1(C(=O)NNCc2ccccc2Cl)N=C(c2ccc(OCCCO)cc2)O[C@H]1c1ccccc1. The van der Waals surface area contributed by atoms with Crippen molar-refractivity contribution in [1.82, 2.24) is 10.9 Å². The molecule has 11 heteroatoms. The Kier molecular flexibility index (Phi) is 10.1. The predicted molar refractivity (Wildman–Crippen MR) is 169 cm³/mol. The highest BCUT2D eigenvalue weighted by Crippen LogP contribution is 2.43. The smallest absolute Gasteiger partial charge is 0.266 e. The molecule has 4 aromatic carbocycles. The summed E-state index contributed by atoms with van der Waals surface area (Å²) in [6, 6.07) is 31.1. The van der Waals surface area contributed by atoms with Crippen molar-refractivity contribution < 1.29 is 19.4 Å². The van der Waals surface area contributed by atoms with Gasteiger partial charge in [-0.05, 0) is 52.6 Å². The van der Waals surface area contributed by atoms with E-state index in [-0.39, 0.29) is 25.5 Å². The van der Waals surface area contributed by atoms with Crippen molar-refractivity contribution in [3.05, 3.63) is 141 Å². The lowest BCUT2D eigenvalue weighted by molar-refractivity contribution is -0.130. The van der Waals surface area contributed by atoms with Crippen LogP contribution in [0.4, 0.5) is 5.69 Å². The van der Waals surface area contributed by atoms with Crippen LogP contribution in [0.15, 0.2) is 113 Å². The van der Waals surface area contributed by atoms with Gasteiger partial charge in [0.2, 0.25) is 5.90 Å². The summed E-state index contributed by atoms with van der Waals surface area (Å²) < 4.78 is 12.2. The molecular weight excluding hydrogens is 580 g/mol. The molecule has 2 atom stereocenters. The molecule has 0 spiro atoms. The average Bonchev–Trinajstić information content (AvgIpc) is 3.44. The van der Waals surface area contributed by atoms with Crippen LogP contribution in [0.5, 0.6) is 5.75 Å². The second-order valence-electron chi connectivity index (χ2n) is 10.1. The number of carbonyl (C=O) groups excluding carboxylic acids is 1. The summed E-state index contributed by atoms with van der Waals surface area (Å²) in [4.78, 5) is 22.3. The highest BCUT2D eigenvalue weighted by Gasteiger charge is 2.53. The summed E-state index contributed by atoms with van der Waals surface area (Å²) in [5.41, 5.74) is 16.8. The van der Waals surface area contributed by atoms with E-state index in [1.54, 1.807) is 30.3 Å². The number of benzene rings is 4. The predicted octanol–water partition coefficient (Wildman–Crippen LogP) is 6.36. The lowest BCUT2D eigenvalue weighted by atomic mass is 9.81. The molecule has 10 nitrogen and oxygen atoms in total. The maximum absolute atomic E-state index is 14.3. The molecule has 44 heavy (non-hydrogen) atoms. The molecule has 0 fully saturated rings. The third-order valence-electron chi connectivity index (χ3n) is 7.17. The van der Waals surface area contributed by atoms with E-state index in [0.717, 1.165) is 11.1 Å². The first kappa shape index (κ1) is 30.6. The molecule has 0 saturated carbocycles. The Morgan fingerprint density at radius 2 is 1.70 bits per heavy atom. The molecule has 0 aromatic heterocycles. The zero-order valence-electron chi connectivity index (χ0n) is 23.8. The Morgan fingerprint density at radius 3 is 2.43 bits per heavy atom. The molecule has 0 unspecified atom stereocenters. The van der Waals surface area contributed by atoms with Crippen molar-refractivity contribution in [2.24, 2.45) is 10.1 Å². The average molecular weight is 611 g/mol. The fourth-order valence-corrected chi connectivity index (χ4v) is 5.18. The highest BCUT2D eigenvalue weighted by molar-refractivity contribution is 6.31. The Hall–Kier alpha value is -4.86. The van der Waals surface area contributed by atoms with Crippen molar-refractivity contribution in [1.29, 1.82) is 0 Å². The van der Waals surface area contributed by atoms with Crippen LogP contribution in [-0.4, -0.2) is 35.7 Å². The van der Waals surface area contributed by atoms with E-state index in [9.17, 15) is 10.3 Å². The normalized spacial score (nSPS) is 17.2. The third kappa shape index (κ3) is 7.02. The largest absolute Gasteiger partial charge is 0.494 e. The van der Waals surface area contributed by atoms with Crippen LogP contribution in [0.3, 0.4) is 0 Å². The van der Waals surface area contributed by atoms with E-state index in [0.29, 0.717) is 40.6 Å². The summed E-state index contributed by atoms with van der Waals surface area (Å²) in [7, 11) is 0. The molecule has 0 aliphatic carbocycles. The summed E-state index contributed by atoms with van der Waals surface area (Å²) in [6.07, 6.45) is -0.219. The van der Waals surface area contributed by atoms with Gasteiger partial charge in [-0.1, -0.05) is 89.5 Å². The number of ether oxygens (including phenoxy) is 2. The number of amides is 1. The van der Waals surface area contributed by atoms with Gasteiger partial charge in [0.1, 0.15) is 5.75 Å². The fourth-order valence-electron chi connectivity index (χ4n) is 4.98. The van der Waals surface area contributed by atoms with Crippen molar-refractivity contribution in [2.75, 3.05) is 13.2 Å². The van der Waals surface area contributed by atoms with Gasteiger partial charge in [-0.25, -0.2) is 10.4 Å². The van der Waals surface area contributed by atoms with Gasteiger partial charge >= 0.3 is 0 Å². The number of halogens is 1. The van der Waals surface area contributed by atoms with Gasteiger partial charge in [-0.15, -0.1) is 0 Å². The molecule has 0 saturated heterocycles. The molecule has 0 bridgehead atoms. The molecule has 0 radical (unpaired) electrons. The standard InChI is InChI=1S/C33H31ClN6O4/c34-28-13-6-4-12-26(28)22-36-39-32(42)33(21-25-11-5-7-14-29(25)38-40-35)30(23-9-2-1-3-10-23)44-31(37-33)24-15-17-27(18-16-24)43-20-8-19-41/h1-7,9-18,30,36,41H,8,19-22H2,(H,39,42)/t30-,33-/m0/s1. The lowest BCUT2D eigenvalue weighted by Gasteiger charge is -2.31. The van der Waals surface area contributed by atoms with E-state index in [4.69, 9.17) is 31.2 Å². The Labute approximate surface area is 259 Å². The van der Waals surface area contributed by atoms with Crippen LogP contribution in [-0.2, 0) is 22.5 Å². The van der Waals surface area contributed by atoms with Crippen molar-refractivity contribution in [3.8, 4) is 5.75 Å². The molecule has 1 aliphatic heterocycles. The van der Waals surface area contributed by atoms with E-state index in [1.165, 1.54) is 0 Å². The number of nitrogens with zero attached hydrogens (tertiary/aromatic N) is 4.